The molecule has 248 valence electrons. The Balaban J connectivity index is 1.32. The number of hydrogen-bond acceptors (Lipinski definition) is 5. The maximum absolute atomic E-state index is 13.9. The van der Waals surface area contributed by atoms with Gasteiger partial charge in [-0.15, -0.1) is 0 Å². The second-order valence-corrected chi connectivity index (χ2v) is 13.1. The van der Waals surface area contributed by atoms with Crippen LogP contribution < -0.4 is 5.32 Å². The van der Waals surface area contributed by atoms with Crippen molar-refractivity contribution in [3.63, 3.8) is 0 Å². The fourth-order valence-corrected chi connectivity index (χ4v) is 7.56. The molecule has 43 heavy (non-hydrogen) atoms. The number of ether oxygens (including phenoxy) is 1. The minimum absolute atomic E-state index is 0.0590. The maximum atomic E-state index is 13.9. The molecule has 7 nitrogen and oxygen atoms in total. The molecule has 4 rings (SSSR count). The number of amides is 2. The molecule has 3 atom stereocenters. The van der Waals surface area contributed by atoms with Crippen molar-refractivity contribution in [1.29, 1.82) is 0 Å². The first kappa shape index (κ1) is 34.3. The lowest BCUT2D eigenvalue weighted by Crippen LogP contribution is -2.56. The van der Waals surface area contributed by atoms with Gasteiger partial charge in [0.05, 0.1) is 37.6 Å². The Hall–Kier alpha value is -1.60. The molecule has 2 amide bonds. The molecule has 3 unspecified atom stereocenters. The second-order valence-electron chi connectivity index (χ2n) is 13.1. The first-order valence-corrected chi connectivity index (χ1v) is 16.0. The van der Waals surface area contributed by atoms with Crippen LogP contribution in [0.15, 0.2) is 0 Å². The third-order valence-electron chi connectivity index (χ3n) is 10.2. The van der Waals surface area contributed by atoms with Gasteiger partial charge < -0.3 is 19.9 Å². The number of morpholine rings is 1. The summed E-state index contributed by atoms with van der Waals surface area (Å²) in [5.41, 5.74) is 0. The fraction of sp³-hybridized carbons (Fsp3) is 0.933. The molecule has 2 saturated heterocycles. The highest BCUT2D eigenvalue weighted by atomic mass is 19.4. The molecule has 2 saturated carbocycles. The minimum Gasteiger partial charge on any atom is -0.378 e. The van der Waals surface area contributed by atoms with Gasteiger partial charge in [0.15, 0.2) is 0 Å². The Morgan fingerprint density at radius 1 is 0.860 bits per heavy atom. The van der Waals surface area contributed by atoms with E-state index in [1.807, 2.05) is 0 Å². The molecule has 4 fully saturated rings. The van der Waals surface area contributed by atoms with Gasteiger partial charge in [-0.3, -0.25) is 14.5 Å². The predicted molar refractivity (Wildman–Crippen MR) is 149 cm³/mol. The van der Waals surface area contributed by atoms with Gasteiger partial charge >= 0.3 is 12.4 Å². The molecule has 0 spiro atoms. The maximum Gasteiger partial charge on any atom is 0.391 e. The highest BCUT2D eigenvalue weighted by Crippen LogP contribution is 2.48. The summed E-state index contributed by atoms with van der Waals surface area (Å²) in [4.78, 5) is 32.0. The molecular formula is C30H48F6N4O3. The summed E-state index contributed by atoms with van der Waals surface area (Å²) >= 11 is 0. The number of carbonyl (C=O) groups excluding carboxylic acids is 2. The summed E-state index contributed by atoms with van der Waals surface area (Å²) in [6.45, 7) is 4.10. The lowest BCUT2D eigenvalue weighted by atomic mass is 9.73. The standard InChI is InChI=1S/C30H48F6N4O3/c1-38(10-7-21-17-23(29(31,32)33)19-24(18-21)30(34,35)36)28(42)27(22-5-3-2-4-6-22)40-11-8-25(9-12-40)37-20-26(41)39-13-15-43-16-14-39/h21-25,27,37H,2-20H2,1H3. The monoisotopic (exact) mass is 626 g/mol. The van der Waals surface area contributed by atoms with E-state index in [2.05, 4.69) is 10.2 Å². The highest BCUT2D eigenvalue weighted by molar-refractivity contribution is 5.82. The Morgan fingerprint density at radius 3 is 2.00 bits per heavy atom. The molecule has 0 aromatic carbocycles. The van der Waals surface area contributed by atoms with Crippen molar-refractivity contribution in [3.05, 3.63) is 0 Å². The van der Waals surface area contributed by atoms with E-state index in [0.717, 1.165) is 44.9 Å². The van der Waals surface area contributed by atoms with Crippen LogP contribution in [0.1, 0.15) is 70.6 Å². The predicted octanol–water partition coefficient (Wildman–Crippen LogP) is 4.85. The van der Waals surface area contributed by atoms with Crippen LogP contribution in [0, 0.1) is 23.7 Å². The van der Waals surface area contributed by atoms with E-state index in [9.17, 15) is 35.9 Å². The van der Waals surface area contributed by atoms with Gasteiger partial charge in [-0.05, 0) is 63.2 Å². The number of likely N-dealkylation sites (N-methyl/N-ethyl adjacent to an activating group) is 1. The van der Waals surface area contributed by atoms with Crippen LogP contribution in [0.4, 0.5) is 26.3 Å². The van der Waals surface area contributed by atoms with E-state index in [-0.39, 0.29) is 62.2 Å². The molecule has 2 heterocycles. The molecule has 2 aliphatic heterocycles. The molecule has 4 aliphatic rings. The van der Waals surface area contributed by atoms with Crippen molar-refractivity contribution in [2.75, 3.05) is 59.5 Å². The second kappa shape index (κ2) is 15.1. The average Bonchev–Trinajstić information content (AvgIpc) is 2.99. The number of alkyl halides is 6. The summed E-state index contributed by atoms with van der Waals surface area (Å²) in [7, 11) is 1.63. The number of piperidine rings is 1. The molecule has 2 aliphatic carbocycles. The van der Waals surface area contributed by atoms with Crippen molar-refractivity contribution in [2.45, 2.75) is 95.1 Å². The van der Waals surface area contributed by atoms with Crippen molar-refractivity contribution in [3.8, 4) is 0 Å². The van der Waals surface area contributed by atoms with Gasteiger partial charge in [0.1, 0.15) is 0 Å². The van der Waals surface area contributed by atoms with E-state index in [1.165, 1.54) is 0 Å². The lowest BCUT2D eigenvalue weighted by Gasteiger charge is -2.43. The number of hydrogen-bond donors (Lipinski definition) is 1. The summed E-state index contributed by atoms with van der Waals surface area (Å²) in [5.74, 6) is -4.52. The number of nitrogens with one attached hydrogen (secondary N) is 1. The van der Waals surface area contributed by atoms with E-state index in [1.54, 1.807) is 16.8 Å². The quantitative estimate of drug-likeness (QED) is 0.371. The zero-order valence-corrected chi connectivity index (χ0v) is 25.2. The Bertz CT molecular complexity index is 877. The van der Waals surface area contributed by atoms with E-state index in [0.29, 0.717) is 39.4 Å². The average molecular weight is 627 g/mol. The first-order chi connectivity index (χ1) is 20.3. The van der Waals surface area contributed by atoms with Crippen LogP contribution in [0.25, 0.3) is 0 Å². The minimum atomic E-state index is -4.66. The van der Waals surface area contributed by atoms with Gasteiger partial charge in [-0.1, -0.05) is 19.3 Å². The highest BCUT2D eigenvalue weighted by Gasteiger charge is 2.51. The number of likely N-dealkylation sites (tertiary alicyclic amines) is 1. The number of carbonyl (C=O) groups is 2. The third-order valence-corrected chi connectivity index (χ3v) is 10.2. The SMILES string of the molecule is CN(CCC1CC(C(F)(F)F)CC(C(F)(F)F)C1)C(=O)C(C1CCCCC1)N1CCC(NCC(=O)N2CCOCC2)CC1. The van der Waals surface area contributed by atoms with E-state index < -0.39 is 36.5 Å². The Kier molecular flexibility index (Phi) is 12.1. The Morgan fingerprint density at radius 2 is 1.44 bits per heavy atom. The van der Waals surface area contributed by atoms with Crippen molar-refractivity contribution >= 4 is 11.8 Å². The molecule has 0 bridgehead atoms. The number of nitrogens with zero attached hydrogens (tertiary/aromatic N) is 3. The molecule has 1 N–H and O–H groups in total. The number of halogens is 6. The summed E-state index contributed by atoms with van der Waals surface area (Å²) < 4.78 is 86.0. The first-order valence-electron chi connectivity index (χ1n) is 16.0. The fourth-order valence-electron chi connectivity index (χ4n) is 7.56. The molecule has 0 aromatic heterocycles. The van der Waals surface area contributed by atoms with Crippen molar-refractivity contribution in [2.24, 2.45) is 23.7 Å². The molecular weight excluding hydrogens is 578 g/mol. The summed E-state index contributed by atoms with van der Waals surface area (Å²) in [6.07, 6.45) is -4.10. The van der Waals surface area contributed by atoms with Crippen LogP contribution in [0.5, 0.6) is 0 Å². The largest absolute Gasteiger partial charge is 0.391 e. The van der Waals surface area contributed by atoms with Gasteiger partial charge in [0, 0.05) is 45.8 Å². The summed E-state index contributed by atoms with van der Waals surface area (Å²) in [6, 6.07) is -0.186. The van der Waals surface area contributed by atoms with Crippen molar-refractivity contribution < 1.29 is 40.7 Å². The van der Waals surface area contributed by atoms with Crippen LogP contribution in [0.2, 0.25) is 0 Å². The van der Waals surface area contributed by atoms with Crippen molar-refractivity contribution in [1.82, 2.24) is 20.0 Å². The summed E-state index contributed by atoms with van der Waals surface area (Å²) in [5, 5.41) is 3.38. The van der Waals surface area contributed by atoms with Crippen LogP contribution >= 0.6 is 0 Å². The normalized spacial score (nSPS) is 28.1. The topological polar surface area (TPSA) is 65.1 Å². The van der Waals surface area contributed by atoms with Crippen LogP contribution in [-0.4, -0.2) is 110 Å². The molecule has 0 aromatic rings. The number of rotatable bonds is 9. The van der Waals surface area contributed by atoms with Crippen LogP contribution in [-0.2, 0) is 14.3 Å². The van der Waals surface area contributed by atoms with Gasteiger partial charge in [0.25, 0.3) is 0 Å². The van der Waals surface area contributed by atoms with Gasteiger partial charge in [-0.25, -0.2) is 0 Å². The van der Waals surface area contributed by atoms with Gasteiger partial charge in [0.2, 0.25) is 11.8 Å². The molecule has 0 radical (unpaired) electrons. The zero-order chi connectivity index (χ0) is 31.2. The lowest BCUT2D eigenvalue weighted by molar-refractivity contribution is -0.229. The van der Waals surface area contributed by atoms with E-state index >= 15 is 0 Å². The zero-order valence-electron chi connectivity index (χ0n) is 25.2. The smallest absolute Gasteiger partial charge is 0.378 e. The molecule has 13 heteroatoms. The van der Waals surface area contributed by atoms with E-state index in [4.69, 9.17) is 4.74 Å². The van der Waals surface area contributed by atoms with Gasteiger partial charge in [-0.2, -0.15) is 26.3 Å². The Labute approximate surface area is 251 Å². The van der Waals surface area contributed by atoms with Crippen LogP contribution in [0.3, 0.4) is 0 Å². The third kappa shape index (κ3) is 9.69.